The van der Waals surface area contributed by atoms with Crippen molar-refractivity contribution in [2.45, 2.75) is 18.8 Å². The fraction of sp³-hybridized carbons (Fsp3) is 0.312. The summed E-state index contributed by atoms with van der Waals surface area (Å²) in [7, 11) is 0. The van der Waals surface area contributed by atoms with Crippen molar-refractivity contribution in [1.82, 2.24) is 4.90 Å². The van der Waals surface area contributed by atoms with E-state index in [1.54, 1.807) is 36.0 Å². The number of furan rings is 1. The minimum Gasteiger partial charge on any atom is -0.472 e. The van der Waals surface area contributed by atoms with Crippen molar-refractivity contribution in [2.24, 2.45) is 0 Å². The van der Waals surface area contributed by atoms with E-state index in [9.17, 15) is 4.79 Å². The quantitative estimate of drug-likeness (QED) is 0.805. The highest BCUT2D eigenvalue weighted by atomic mass is 32.1. The van der Waals surface area contributed by atoms with Crippen LogP contribution < -0.4 is 0 Å². The Morgan fingerprint density at radius 3 is 2.85 bits per heavy atom. The average Bonchev–Trinajstić information content (AvgIpc) is 3.18. The van der Waals surface area contributed by atoms with Crippen LogP contribution in [0.4, 0.5) is 0 Å². The number of rotatable bonds is 3. The molecule has 1 saturated heterocycles. The van der Waals surface area contributed by atoms with Crippen LogP contribution in [-0.2, 0) is 4.79 Å². The van der Waals surface area contributed by atoms with Crippen molar-refractivity contribution in [1.29, 1.82) is 0 Å². The third-order valence-electron chi connectivity index (χ3n) is 3.78. The molecule has 4 heteroatoms. The van der Waals surface area contributed by atoms with Gasteiger partial charge in [-0.1, -0.05) is 0 Å². The van der Waals surface area contributed by atoms with Crippen LogP contribution in [0.5, 0.6) is 0 Å². The van der Waals surface area contributed by atoms with Crippen molar-refractivity contribution in [3.63, 3.8) is 0 Å². The lowest BCUT2D eigenvalue weighted by Crippen LogP contribution is -2.36. The van der Waals surface area contributed by atoms with E-state index in [4.69, 9.17) is 4.42 Å². The molecule has 0 spiro atoms. The van der Waals surface area contributed by atoms with Gasteiger partial charge < -0.3 is 9.32 Å². The number of thiophene rings is 1. The lowest BCUT2D eigenvalue weighted by atomic mass is 9.91. The number of hydrogen-bond donors (Lipinski definition) is 0. The van der Waals surface area contributed by atoms with Crippen molar-refractivity contribution in [3.05, 3.63) is 52.6 Å². The fourth-order valence-electron chi connectivity index (χ4n) is 2.58. The predicted molar refractivity (Wildman–Crippen MR) is 80.6 cm³/mol. The number of amides is 1. The van der Waals surface area contributed by atoms with E-state index in [1.807, 2.05) is 11.0 Å². The van der Waals surface area contributed by atoms with Crippen molar-refractivity contribution in [2.75, 3.05) is 13.1 Å². The fourth-order valence-corrected chi connectivity index (χ4v) is 3.33. The number of likely N-dealkylation sites (tertiary alicyclic amines) is 1. The maximum atomic E-state index is 12.1. The molecule has 1 aliphatic rings. The van der Waals surface area contributed by atoms with Gasteiger partial charge in [-0.2, -0.15) is 11.3 Å². The number of carbonyl (C=O) groups is 1. The van der Waals surface area contributed by atoms with Gasteiger partial charge in [0.1, 0.15) is 0 Å². The Bertz CT molecular complexity index is 564. The summed E-state index contributed by atoms with van der Waals surface area (Å²) in [6.45, 7) is 1.68. The lowest BCUT2D eigenvalue weighted by Gasteiger charge is -2.31. The van der Waals surface area contributed by atoms with Gasteiger partial charge in [0.15, 0.2) is 0 Å². The second-order valence-corrected chi connectivity index (χ2v) is 5.83. The van der Waals surface area contributed by atoms with E-state index in [0.717, 1.165) is 31.5 Å². The van der Waals surface area contributed by atoms with Crippen LogP contribution in [0.3, 0.4) is 0 Å². The van der Waals surface area contributed by atoms with Gasteiger partial charge in [-0.25, -0.2) is 0 Å². The minimum atomic E-state index is 0.0926. The molecule has 2 aromatic rings. The minimum absolute atomic E-state index is 0.0926. The molecule has 0 N–H and O–H groups in total. The largest absolute Gasteiger partial charge is 0.472 e. The maximum Gasteiger partial charge on any atom is 0.246 e. The molecule has 3 nitrogen and oxygen atoms in total. The highest BCUT2D eigenvalue weighted by molar-refractivity contribution is 7.07. The predicted octanol–water partition coefficient (Wildman–Crippen LogP) is 3.76. The van der Waals surface area contributed by atoms with Crippen LogP contribution in [0.1, 0.15) is 29.9 Å². The molecule has 1 aliphatic heterocycles. The second kappa shape index (κ2) is 6.09. The SMILES string of the molecule is O=C(C=Cc1ccoc1)N1CCC(c2ccsc2)CC1. The zero-order chi connectivity index (χ0) is 13.8. The van der Waals surface area contributed by atoms with E-state index in [2.05, 4.69) is 16.8 Å². The average molecular weight is 287 g/mol. The Morgan fingerprint density at radius 2 is 2.20 bits per heavy atom. The van der Waals surface area contributed by atoms with Gasteiger partial charge in [0.2, 0.25) is 5.91 Å². The number of nitrogens with zero attached hydrogens (tertiary/aromatic N) is 1. The molecule has 0 aliphatic carbocycles. The summed E-state index contributed by atoms with van der Waals surface area (Å²) in [6, 6.07) is 4.04. The Morgan fingerprint density at radius 1 is 1.35 bits per heavy atom. The molecule has 1 fully saturated rings. The van der Waals surface area contributed by atoms with Gasteiger partial charge in [-0.05, 0) is 53.3 Å². The van der Waals surface area contributed by atoms with Gasteiger partial charge in [-0.3, -0.25) is 4.79 Å². The normalized spacial score (nSPS) is 16.9. The smallest absolute Gasteiger partial charge is 0.246 e. The highest BCUT2D eigenvalue weighted by Gasteiger charge is 2.22. The molecule has 0 atom stereocenters. The van der Waals surface area contributed by atoms with Crippen molar-refractivity contribution >= 4 is 23.3 Å². The van der Waals surface area contributed by atoms with Crippen LogP contribution in [-0.4, -0.2) is 23.9 Å². The molecule has 0 radical (unpaired) electrons. The zero-order valence-electron chi connectivity index (χ0n) is 11.2. The number of carbonyl (C=O) groups excluding carboxylic acids is 1. The number of hydrogen-bond acceptors (Lipinski definition) is 3. The molecule has 20 heavy (non-hydrogen) atoms. The first-order chi connectivity index (χ1) is 9.83. The molecule has 0 saturated carbocycles. The van der Waals surface area contributed by atoms with Gasteiger partial charge in [-0.15, -0.1) is 0 Å². The third-order valence-corrected chi connectivity index (χ3v) is 4.48. The highest BCUT2D eigenvalue weighted by Crippen LogP contribution is 2.29. The second-order valence-electron chi connectivity index (χ2n) is 5.05. The van der Waals surface area contributed by atoms with E-state index in [-0.39, 0.29) is 5.91 Å². The van der Waals surface area contributed by atoms with Gasteiger partial charge in [0, 0.05) is 24.7 Å². The molecule has 0 aromatic carbocycles. The standard InChI is InChI=1S/C16H17NO2S/c18-16(2-1-13-5-9-19-11-13)17-7-3-14(4-8-17)15-6-10-20-12-15/h1-2,5-6,9-12,14H,3-4,7-8H2. The summed E-state index contributed by atoms with van der Waals surface area (Å²) in [4.78, 5) is 14.0. The van der Waals surface area contributed by atoms with E-state index >= 15 is 0 Å². The Hall–Kier alpha value is -1.81. The van der Waals surface area contributed by atoms with Crippen molar-refractivity contribution in [3.8, 4) is 0 Å². The van der Waals surface area contributed by atoms with E-state index < -0.39 is 0 Å². The van der Waals surface area contributed by atoms with E-state index in [0.29, 0.717) is 5.92 Å². The monoisotopic (exact) mass is 287 g/mol. The van der Waals surface area contributed by atoms with Crippen LogP contribution in [0, 0.1) is 0 Å². The number of piperidine rings is 1. The van der Waals surface area contributed by atoms with Gasteiger partial charge >= 0.3 is 0 Å². The van der Waals surface area contributed by atoms with Crippen LogP contribution in [0.2, 0.25) is 0 Å². The topological polar surface area (TPSA) is 33.5 Å². The molecular formula is C16H17NO2S. The summed E-state index contributed by atoms with van der Waals surface area (Å²) >= 11 is 1.75. The Labute approximate surface area is 122 Å². The van der Waals surface area contributed by atoms with Gasteiger partial charge in [0.05, 0.1) is 12.5 Å². The molecule has 1 amide bonds. The summed E-state index contributed by atoms with van der Waals surface area (Å²) < 4.78 is 4.97. The molecular weight excluding hydrogens is 270 g/mol. The Balaban J connectivity index is 1.54. The van der Waals surface area contributed by atoms with E-state index in [1.165, 1.54) is 5.56 Å². The Kier molecular flexibility index (Phi) is 4.02. The van der Waals surface area contributed by atoms with Crippen LogP contribution in [0.15, 0.2) is 45.9 Å². The van der Waals surface area contributed by atoms with Crippen LogP contribution in [0.25, 0.3) is 6.08 Å². The molecule has 2 aromatic heterocycles. The zero-order valence-corrected chi connectivity index (χ0v) is 12.0. The van der Waals surface area contributed by atoms with Crippen molar-refractivity contribution < 1.29 is 9.21 Å². The molecule has 0 unspecified atom stereocenters. The lowest BCUT2D eigenvalue weighted by molar-refractivity contribution is -0.126. The maximum absolute atomic E-state index is 12.1. The molecule has 3 rings (SSSR count). The summed E-state index contributed by atoms with van der Waals surface area (Å²) in [5.41, 5.74) is 2.35. The summed E-state index contributed by atoms with van der Waals surface area (Å²) in [5.74, 6) is 0.707. The molecule has 0 bridgehead atoms. The third kappa shape index (κ3) is 3.02. The first kappa shape index (κ1) is 13.2. The first-order valence-corrected chi connectivity index (χ1v) is 7.78. The summed E-state index contributed by atoms with van der Waals surface area (Å²) in [5, 5.41) is 4.35. The van der Waals surface area contributed by atoms with Crippen LogP contribution >= 0.6 is 11.3 Å². The molecule has 104 valence electrons. The summed E-state index contributed by atoms with van der Waals surface area (Å²) in [6.07, 6.45) is 8.79. The molecule has 3 heterocycles. The first-order valence-electron chi connectivity index (χ1n) is 6.84. The van der Waals surface area contributed by atoms with Gasteiger partial charge in [0.25, 0.3) is 0 Å².